The molecule has 2 atom stereocenters. The van der Waals surface area contributed by atoms with Gasteiger partial charge in [0.1, 0.15) is 23.5 Å². The van der Waals surface area contributed by atoms with Crippen molar-refractivity contribution in [2.75, 3.05) is 7.11 Å². The summed E-state index contributed by atoms with van der Waals surface area (Å²) in [5.41, 5.74) is 0.890. The van der Waals surface area contributed by atoms with Gasteiger partial charge >= 0.3 is 12.3 Å². The lowest BCUT2D eigenvalue weighted by Gasteiger charge is -2.30. The second kappa shape index (κ2) is 9.42. The molecule has 0 bridgehead atoms. The summed E-state index contributed by atoms with van der Waals surface area (Å²) in [4.78, 5) is 34.5. The summed E-state index contributed by atoms with van der Waals surface area (Å²) in [6.45, 7) is 4.56. The minimum absolute atomic E-state index is 0.0177. The molecule has 1 aliphatic heterocycles. The molecule has 1 N–H and O–H groups in total. The first-order chi connectivity index (χ1) is 14.2. The molecule has 1 aromatic rings. The molecule has 2 unspecified atom stereocenters. The number of methoxy groups -OCH3 is 1. The molecular formula is C19H19N3O8. The molecule has 0 saturated carbocycles. The van der Waals surface area contributed by atoms with Gasteiger partial charge in [-0.25, -0.2) is 9.59 Å². The first kappa shape index (κ1) is 22.2. The molecule has 0 radical (unpaired) electrons. The second-order valence-electron chi connectivity index (χ2n) is 6.19. The number of nitrogens with zero attached hydrogens (tertiary/aromatic N) is 2. The topological polar surface area (TPSA) is 150 Å². The van der Waals surface area contributed by atoms with Crippen molar-refractivity contribution in [3.8, 4) is 6.07 Å². The monoisotopic (exact) mass is 417 g/mol. The fraction of sp³-hybridized carbons (Fsp3) is 0.316. The lowest BCUT2D eigenvalue weighted by molar-refractivity contribution is -0.384. The van der Waals surface area contributed by atoms with E-state index in [1.54, 1.807) is 26.0 Å². The van der Waals surface area contributed by atoms with Crippen molar-refractivity contribution in [3.63, 3.8) is 0 Å². The zero-order chi connectivity index (χ0) is 22.4. The van der Waals surface area contributed by atoms with Crippen LogP contribution in [0.3, 0.4) is 0 Å². The molecule has 2 rings (SSSR count). The summed E-state index contributed by atoms with van der Waals surface area (Å²) >= 11 is 0. The maximum absolute atomic E-state index is 12.1. The van der Waals surface area contributed by atoms with Crippen LogP contribution in [0.5, 0.6) is 0 Å². The third-order valence-electron chi connectivity index (χ3n) is 4.06. The first-order valence-electron chi connectivity index (χ1n) is 8.64. The van der Waals surface area contributed by atoms with Gasteiger partial charge in [0.05, 0.1) is 23.4 Å². The van der Waals surface area contributed by atoms with E-state index in [0.29, 0.717) is 17.0 Å². The van der Waals surface area contributed by atoms with Gasteiger partial charge in [0, 0.05) is 12.1 Å². The third kappa shape index (κ3) is 5.05. The van der Waals surface area contributed by atoms with Gasteiger partial charge in [-0.3, -0.25) is 10.1 Å². The number of hydrogen-bond donors (Lipinski definition) is 1. The fourth-order valence-electron chi connectivity index (χ4n) is 2.76. The van der Waals surface area contributed by atoms with E-state index in [2.05, 4.69) is 10.1 Å². The van der Waals surface area contributed by atoms with E-state index >= 15 is 0 Å². The fourth-order valence-corrected chi connectivity index (χ4v) is 2.76. The number of non-ortho nitro benzene ring substituents is 1. The van der Waals surface area contributed by atoms with Crippen molar-refractivity contribution < 1.29 is 33.5 Å². The van der Waals surface area contributed by atoms with Crippen molar-refractivity contribution >= 4 is 18.0 Å². The van der Waals surface area contributed by atoms with Gasteiger partial charge in [-0.15, -0.1) is 0 Å². The van der Waals surface area contributed by atoms with Crippen LogP contribution in [0.15, 0.2) is 47.2 Å². The Balaban J connectivity index is 2.54. The molecule has 0 aliphatic carbocycles. The molecule has 1 heterocycles. The Morgan fingerprint density at radius 2 is 1.80 bits per heavy atom. The van der Waals surface area contributed by atoms with Crippen molar-refractivity contribution in [2.24, 2.45) is 0 Å². The molecule has 158 valence electrons. The quantitative estimate of drug-likeness (QED) is 0.427. The largest absolute Gasteiger partial charge is 0.514 e. The number of rotatable bonds is 5. The molecule has 0 spiro atoms. The highest BCUT2D eigenvalue weighted by atomic mass is 16.7. The average molecular weight is 417 g/mol. The highest BCUT2D eigenvalue weighted by molar-refractivity contribution is 5.65. The van der Waals surface area contributed by atoms with Crippen LogP contribution < -0.4 is 5.32 Å². The van der Waals surface area contributed by atoms with E-state index in [9.17, 15) is 19.7 Å². The van der Waals surface area contributed by atoms with E-state index in [0.717, 1.165) is 7.11 Å². The number of benzene rings is 1. The van der Waals surface area contributed by atoms with Gasteiger partial charge in [-0.1, -0.05) is 12.1 Å². The third-order valence-corrected chi connectivity index (χ3v) is 4.06. The van der Waals surface area contributed by atoms with Crippen LogP contribution in [0.25, 0.3) is 0 Å². The Morgan fingerprint density at radius 1 is 1.20 bits per heavy atom. The van der Waals surface area contributed by atoms with Crippen LogP contribution in [0.4, 0.5) is 15.3 Å². The Kier molecular flexibility index (Phi) is 6.98. The Hall–Kier alpha value is -4.07. The molecule has 0 saturated heterocycles. The van der Waals surface area contributed by atoms with Crippen LogP contribution in [0.1, 0.15) is 32.3 Å². The van der Waals surface area contributed by atoms with Gasteiger partial charge in [-0.05, 0) is 26.3 Å². The number of hydrogen-bond acceptors (Lipinski definition) is 10. The molecule has 0 fully saturated rings. The lowest BCUT2D eigenvalue weighted by Crippen LogP contribution is -2.29. The summed E-state index contributed by atoms with van der Waals surface area (Å²) < 4.78 is 19.9. The van der Waals surface area contributed by atoms with Gasteiger partial charge in [0.2, 0.25) is 0 Å². The maximum atomic E-state index is 12.1. The number of nitro benzene ring substituents is 1. The number of carbonyl (C=O) groups excluding carboxylic acids is 2. The van der Waals surface area contributed by atoms with Crippen molar-refractivity contribution in [1.29, 1.82) is 5.26 Å². The number of carbonyl (C=O) groups is 2. The summed E-state index contributed by atoms with van der Waals surface area (Å²) in [7, 11) is 1.12. The zero-order valence-electron chi connectivity index (χ0n) is 16.6. The van der Waals surface area contributed by atoms with Gasteiger partial charge in [0.15, 0.2) is 6.10 Å². The normalized spacial score (nSPS) is 16.7. The van der Waals surface area contributed by atoms with Gasteiger partial charge in [0.25, 0.3) is 5.69 Å². The first-order valence-corrected chi connectivity index (χ1v) is 8.64. The lowest BCUT2D eigenvalue weighted by atomic mass is 9.90. The molecule has 30 heavy (non-hydrogen) atoms. The second-order valence-corrected chi connectivity index (χ2v) is 6.19. The van der Waals surface area contributed by atoms with Crippen molar-refractivity contribution in [1.82, 2.24) is 5.32 Å². The van der Waals surface area contributed by atoms with E-state index < -0.39 is 29.3 Å². The van der Waals surface area contributed by atoms with Crippen LogP contribution >= 0.6 is 0 Å². The van der Waals surface area contributed by atoms with Crippen LogP contribution in [0, 0.1) is 21.4 Å². The summed E-state index contributed by atoms with van der Waals surface area (Å²) in [6.07, 6.45) is -3.25. The predicted octanol–water partition coefficient (Wildman–Crippen LogP) is 3.59. The smallest absolute Gasteiger partial charge is 0.437 e. The van der Waals surface area contributed by atoms with Crippen LogP contribution in [0.2, 0.25) is 0 Å². The number of nitriles is 1. The van der Waals surface area contributed by atoms with E-state index in [1.807, 2.05) is 0 Å². The molecule has 0 aromatic heterocycles. The SMILES string of the molecule is COC(=O)OC1=C(C)NC(C)=C(OC(=O)OC(C)C#N)C1c1cccc([N+](=O)[O-])c1. The summed E-state index contributed by atoms with van der Waals surface area (Å²) in [5.74, 6) is -1.01. The van der Waals surface area contributed by atoms with E-state index in [-0.39, 0.29) is 17.2 Å². The van der Waals surface area contributed by atoms with E-state index in [4.69, 9.17) is 19.5 Å². The molecule has 1 aromatic carbocycles. The Morgan fingerprint density at radius 3 is 2.33 bits per heavy atom. The molecule has 1 aliphatic rings. The number of nitro groups is 1. The average Bonchev–Trinajstić information content (AvgIpc) is 2.71. The number of dihydropyridines is 1. The zero-order valence-corrected chi connectivity index (χ0v) is 16.6. The predicted molar refractivity (Wildman–Crippen MR) is 101 cm³/mol. The molecular weight excluding hydrogens is 398 g/mol. The Bertz CT molecular complexity index is 976. The highest BCUT2D eigenvalue weighted by Crippen LogP contribution is 2.40. The van der Waals surface area contributed by atoms with Gasteiger partial charge < -0.3 is 24.3 Å². The number of allylic oxidation sites excluding steroid dienone is 2. The van der Waals surface area contributed by atoms with Crippen LogP contribution in [-0.4, -0.2) is 30.4 Å². The summed E-state index contributed by atoms with van der Waals surface area (Å²) in [6, 6.07) is 7.29. The van der Waals surface area contributed by atoms with Gasteiger partial charge in [-0.2, -0.15) is 5.26 Å². The number of ether oxygens (including phenoxy) is 4. The minimum Gasteiger partial charge on any atom is -0.437 e. The van der Waals surface area contributed by atoms with E-state index in [1.165, 1.54) is 25.1 Å². The summed E-state index contributed by atoms with van der Waals surface area (Å²) in [5, 5.41) is 22.9. The minimum atomic E-state index is -1.16. The molecule has 11 heteroatoms. The molecule has 11 nitrogen and oxygen atoms in total. The molecule has 0 amide bonds. The van der Waals surface area contributed by atoms with Crippen LogP contribution in [-0.2, 0) is 18.9 Å². The van der Waals surface area contributed by atoms with Crippen molar-refractivity contribution in [2.45, 2.75) is 32.8 Å². The van der Waals surface area contributed by atoms with Crippen molar-refractivity contribution in [3.05, 3.63) is 62.9 Å². The highest BCUT2D eigenvalue weighted by Gasteiger charge is 2.36. The Labute approximate surface area is 171 Å². The number of nitrogens with one attached hydrogen (secondary N) is 1. The standard InChI is InChI=1S/C19H19N3O8/c1-10(9-20)28-19(24)30-17-12(3)21-11(2)16(29-18(23)27-4)15(17)13-6-5-7-14(8-13)22(25)26/h5-8,10,15,21H,1-4H3. The maximum Gasteiger partial charge on any atom is 0.514 e.